The number of para-hydroxylation sites is 1. The van der Waals surface area contributed by atoms with Gasteiger partial charge in [0.2, 0.25) is 0 Å². The first-order valence-corrected chi connectivity index (χ1v) is 12.8. The Balaban J connectivity index is 1.52. The van der Waals surface area contributed by atoms with Gasteiger partial charge in [-0.25, -0.2) is 9.97 Å². The quantitative estimate of drug-likeness (QED) is 0.242. The summed E-state index contributed by atoms with van der Waals surface area (Å²) in [7, 11) is 2.11. The van der Waals surface area contributed by atoms with Crippen LogP contribution in [0.3, 0.4) is 0 Å². The Morgan fingerprint density at radius 1 is 1.00 bits per heavy atom. The molecule has 188 valence electrons. The van der Waals surface area contributed by atoms with E-state index in [0.29, 0.717) is 17.9 Å². The van der Waals surface area contributed by atoms with Gasteiger partial charge in [-0.3, -0.25) is 5.41 Å². The standard InChI is InChI=1S/C31H31BN6/c1-19-7-4-5-10-26(19)38-21(3)27-20(2)8-6-9-24(27)15-25(38)17-35-31-28(30(34)36-18-37-31)29(33)23-13-11-22(16-32)12-14-23/h4-15,18,33H,3,16-17,32H2,1-2H3,(H3,34,35,36,37). The van der Waals surface area contributed by atoms with Crippen molar-refractivity contribution in [3.63, 3.8) is 0 Å². The molecule has 4 aromatic rings. The molecular formula is C31H31BN6. The van der Waals surface area contributed by atoms with E-state index in [1.807, 2.05) is 36.4 Å². The number of nitrogens with zero attached hydrogens (tertiary/aromatic N) is 3. The van der Waals surface area contributed by atoms with E-state index in [0.717, 1.165) is 45.7 Å². The summed E-state index contributed by atoms with van der Waals surface area (Å²) in [5.41, 5.74) is 16.7. The fraction of sp³-hybridized carbons (Fsp3) is 0.129. The van der Waals surface area contributed by atoms with E-state index in [1.54, 1.807) is 0 Å². The number of aryl methyl sites for hydroxylation is 2. The minimum atomic E-state index is 0.269. The van der Waals surface area contributed by atoms with Gasteiger partial charge in [0.25, 0.3) is 0 Å². The molecule has 38 heavy (non-hydrogen) atoms. The zero-order valence-corrected chi connectivity index (χ0v) is 22.0. The highest BCUT2D eigenvalue weighted by molar-refractivity contribution is 6.16. The highest BCUT2D eigenvalue weighted by atomic mass is 15.2. The third kappa shape index (κ3) is 4.59. The first kappa shape index (κ1) is 25.0. The maximum Gasteiger partial charge on any atom is 0.141 e. The van der Waals surface area contributed by atoms with Crippen LogP contribution < -0.4 is 16.0 Å². The molecule has 0 radical (unpaired) electrons. The predicted molar refractivity (Wildman–Crippen MR) is 161 cm³/mol. The van der Waals surface area contributed by atoms with E-state index in [1.165, 1.54) is 17.5 Å². The maximum atomic E-state index is 8.92. The Hall–Kier alpha value is -4.65. The number of nitrogen functional groups attached to an aromatic ring is 1. The van der Waals surface area contributed by atoms with Crippen molar-refractivity contribution in [1.82, 2.24) is 9.97 Å². The Morgan fingerprint density at radius 3 is 2.47 bits per heavy atom. The topological polar surface area (TPSA) is 90.9 Å². The van der Waals surface area contributed by atoms with Crippen LogP contribution in [-0.2, 0) is 6.32 Å². The molecule has 0 saturated carbocycles. The Bertz CT molecular complexity index is 1570. The molecule has 0 aliphatic carbocycles. The van der Waals surface area contributed by atoms with Crippen LogP contribution in [-0.4, -0.2) is 30.1 Å². The molecule has 0 bridgehead atoms. The molecule has 0 unspecified atom stereocenters. The molecule has 5 rings (SSSR count). The van der Waals surface area contributed by atoms with Crippen molar-refractivity contribution in [3.8, 4) is 0 Å². The Kier molecular flexibility index (Phi) is 6.84. The average Bonchev–Trinajstić information content (AvgIpc) is 2.92. The van der Waals surface area contributed by atoms with Crippen LogP contribution in [0.5, 0.6) is 0 Å². The van der Waals surface area contributed by atoms with Gasteiger partial charge in [-0.15, -0.1) is 0 Å². The average molecular weight is 498 g/mol. The summed E-state index contributed by atoms with van der Waals surface area (Å²) in [5, 5.41) is 12.4. The molecule has 3 aromatic carbocycles. The summed E-state index contributed by atoms with van der Waals surface area (Å²) in [4.78, 5) is 10.9. The van der Waals surface area contributed by atoms with Crippen LogP contribution in [0.25, 0.3) is 11.8 Å². The van der Waals surface area contributed by atoms with Crippen LogP contribution >= 0.6 is 0 Å². The summed E-state index contributed by atoms with van der Waals surface area (Å²) in [6.45, 7) is 9.19. The lowest BCUT2D eigenvalue weighted by Crippen LogP contribution is -2.29. The zero-order chi connectivity index (χ0) is 26.8. The van der Waals surface area contributed by atoms with E-state index in [4.69, 9.17) is 11.1 Å². The summed E-state index contributed by atoms with van der Waals surface area (Å²) >= 11 is 0. The number of aromatic nitrogens is 2. The number of anilines is 3. The third-order valence-corrected chi connectivity index (χ3v) is 7.04. The van der Waals surface area contributed by atoms with Crippen molar-refractivity contribution in [2.45, 2.75) is 20.2 Å². The molecule has 0 spiro atoms. The fourth-order valence-electron chi connectivity index (χ4n) is 4.98. The van der Waals surface area contributed by atoms with Gasteiger partial charge in [0.05, 0.1) is 17.8 Å². The Morgan fingerprint density at radius 2 is 1.74 bits per heavy atom. The second-order valence-electron chi connectivity index (χ2n) is 9.50. The van der Waals surface area contributed by atoms with Crippen LogP contribution in [0.15, 0.2) is 85.3 Å². The van der Waals surface area contributed by atoms with Crippen LogP contribution in [0.1, 0.15) is 38.9 Å². The molecule has 7 heteroatoms. The van der Waals surface area contributed by atoms with Crippen LogP contribution in [0.4, 0.5) is 17.3 Å². The maximum absolute atomic E-state index is 8.92. The second-order valence-corrected chi connectivity index (χ2v) is 9.50. The van der Waals surface area contributed by atoms with Crippen molar-refractivity contribution >= 4 is 42.7 Å². The lowest BCUT2D eigenvalue weighted by atomic mass is 9.93. The molecule has 0 fully saturated rings. The van der Waals surface area contributed by atoms with Gasteiger partial charge in [0, 0.05) is 28.2 Å². The van der Waals surface area contributed by atoms with Gasteiger partial charge in [-0.05, 0) is 42.7 Å². The smallest absolute Gasteiger partial charge is 0.141 e. The van der Waals surface area contributed by atoms with E-state index in [-0.39, 0.29) is 11.5 Å². The van der Waals surface area contributed by atoms with Gasteiger partial charge in [-0.1, -0.05) is 79.1 Å². The van der Waals surface area contributed by atoms with E-state index < -0.39 is 0 Å². The molecule has 0 atom stereocenters. The highest BCUT2D eigenvalue weighted by Gasteiger charge is 2.26. The van der Waals surface area contributed by atoms with Crippen LogP contribution in [0.2, 0.25) is 0 Å². The summed E-state index contributed by atoms with van der Waals surface area (Å²) < 4.78 is 0. The monoisotopic (exact) mass is 498 g/mol. The molecule has 1 aromatic heterocycles. The molecule has 2 heterocycles. The number of hydrogen-bond acceptors (Lipinski definition) is 6. The second kappa shape index (κ2) is 10.4. The summed E-state index contributed by atoms with van der Waals surface area (Å²) in [6, 6.07) is 22.6. The Labute approximate surface area is 224 Å². The number of nitrogens with two attached hydrogens (primary N) is 1. The minimum Gasteiger partial charge on any atom is -0.383 e. The third-order valence-electron chi connectivity index (χ3n) is 7.04. The number of hydrogen-bond donors (Lipinski definition) is 3. The van der Waals surface area contributed by atoms with Gasteiger partial charge in [0.1, 0.15) is 25.8 Å². The van der Waals surface area contributed by atoms with Gasteiger partial charge in [0.15, 0.2) is 0 Å². The lowest BCUT2D eigenvalue weighted by molar-refractivity contribution is 1.06. The lowest BCUT2D eigenvalue weighted by Gasteiger charge is -2.35. The molecule has 4 N–H and O–H groups in total. The summed E-state index contributed by atoms with van der Waals surface area (Å²) in [6.07, 6.45) is 4.56. The molecule has 1 aliphatic rings. The normalized spacial score (nSPS) is 12.6. The minimum absolute atomic E-state index is 0.269. The molecule has 6 nitrogen and oxygen atoms in total. The molecule has 0 saturated heterocycles. The van der Waals surface area contributed by atoms with Crippen LogP contribution in [0, 0.1) is 19.3 Å². The van der Waals surface area contributed by atoms with Crippen molar-refractivity contribution in [1.29, 1.82) is 5.41 Å². The molecule has 0 amide bonds. The van der Waals surface area contributed by atoms with E-state index in [2.05, 4.69) is 84.9 Å². The van der Waals surface area contributed by atoms with Crippen molar-refractivity contribution in [2.24, 2.45) is 0 Å². The van der Waals surface area contributed by atoms with Gasteiger partial charge < -0.3 is 16.0 Å². The fourth-order valence-corrected chi connectivity index (χ4v) is 4.98. The highest BCUT2D eigenvalue weighted by Crippen LogP contribution is 2.39. The zero-order valence-electron chi connectivity index (χ0n) is 22.0. The first-order chi connectivity index (χ1) is 18.4. The number of benzene rings is 3. The van der Waals surface area contributed by atoms with Crippen molar-refractivity contribution in [3.05, 3.63) is 124 Å². The largest absolute Gasteiger partial charge is 0.383 e. The first-order valence-electron chi connectivity index (χ1n) is 12.8. The predicted octanol–water partition coefficient (Wildman–Crippen LogP) is 5.17. The summed E-state index contributed by atoms with van der Waals surface area (Å²) in [5.74, 6) is 0.791. The van der Waals surface area contributed by atoms with Gasteiger partial charge in [-0.2, -0.15) is 0 Å². The number of rotatable bonds is 7. The molecular weight excluding hydrogens is 467 g/mol. The van der Waals surface area contributed by atoms with Crippen molar-refractivity contribution < 1.29 is 0 Å². The number of fused-ring (bicyclic) bond motifs is 1. The van der Waals surface area contributed by atoms with Crippen molar-refractivity contribution in [2.75, 3.05) is 22.5 Å². The van der Waals surface area contributed by atoms with Gasteiger partial charge >= 0.3 is 0 Å². The number of nitrogens with one attached hydrogen (secondary N) is 2. The van der Waals surface area contributed by atoms with E-state index in [9.17, 15) is 0 Å². The van der Waals surface area contributed by atoms with E-state index >= 15 is 0 Å². The SMILES string of the molecule is BCc1ccc(C(=N)c2c(N)ncnc2NCC2=Cc3cccc(C)c3C(=C)N2c2ccccc2C)cc1. The molecule has 1 aliphatic heterocycles.